The SMILES string of the molecule is CCCc1nccn1CC(Br)C(=O)OC. The van der Waals surface area contributed by atoms with Crippen LogP contribution in [0.5, 0.6) is 0 Å². The fourth-order valence-corrected chi connectivity index (χ4v) is 1.83. The second-order valence-electron chi connectivity index (χ2n) is 3.24. The molecule has 0 aliphatic heterocycles. The molecule has 4 nitrogen and oxygen atoms in total. The minimum absolute atomic E-state index is 0.258. The highest BCUT2D eigenvalue weighted by Gasteiger charge is 2.16. The number of rotatable bonds is 5. The van der Waals surface area contributed by atoms with Crippen molar-refractivity contribution < 1.29 is 9.53 Å². The topological polar surface area (TPSA) is 44.1 Å². The van der Waals surface area contributed by atoms with Gasteiger partial charge in [0.15, 0.2) is 0 Å². The quantitative estimate of drug-likeness (QED) is 0.607. The minimum Gasteiger partial charge on any atom is -0.468 e. The number of carbonyl (C=O) groups excluding carboxylic acids is 1. The van der Waals surface area contributed by atoms with E-state index in [1.165, 1.54) is 7.11 Å². The second-order valence-corrected chi connectivity index (χ2v) is 4.34. The molecule has 84 valence electrons. The zero-order valence-corrected chi connectivity index (χ0v) is 10.5. The van der Waals surface area contributed by atoms with Gasteiger partial charge in [0.25, 0.3) is 0 Å². The Balaban J connectivity index is 2.63. The minimum atomic E-state index is -0.313. The van der Waals surface area contributed by atoms with E-state index in [2.05, 4.69) is 32.6 Å². The molecule has 0 aromatic carbocycles. The van der Waals surface area contributed by atoms with Gasteiger partial charge in [0.2, 0.25) is 0 Å². The number of alkyl halides is 1. The first-order valence-corrected chi connectivity index (χ1v) is 5.82. The number of imidazole rings is 1. The van der Waals surface area contributed by atoms with Crippen LogP contribution in [0, 0.1) is 0 Å². The number of hydrogen-bond donors (Lipinski definition) is 0. The van der Waals surface area contributed by atoms with Crippen molar-refractivity contribution in [2.24, 2.45) is 0 Å². The van der Waals surface area contributed by atoms with Crippen molar-refractivity contribution in [2.75, 3.05) is 7.11 Å². The third-order valence-electron chi connectivity index (χ3n) is 2.09. The van der Waals surface area contributed by atoms with Gasteiger partial charge in [-0.2, -0.15) is 0 Å². The third kappa shape index (κ3) is 3.34. The zero-order chi connectivity index (χ0) is 11.3. The Morgan fingerprint density at radius 3 is 3.07 bits per heavy atom. The summed E-state index contributed by atoms with van der Waals surface area (Å²) in [5, 5.41) is 0. The second kappa shape index (κ2) is 5.90. The summed E-state index contributed by atoms with van der Waals surface area (Å²) in [5.41, 5.74) is 0. The number of aryl methyl sites for hydroxylation is 1. The number of hydrogen-bond acceptors (Lipinski definition) is 3. The van der Waals surface area contributed by atoms with Gasteiger partial charge in [-0.15, -0.1) is 0 Å². The fourth-order valence-electron chi connectivity index (χ4n) is 1.33. The van der Waals surface area contributed by atoms with Crippen LogP contribution in [0.2, 0.25) is 0 Å². The van der Waals surface area contributed by atoms with Crippen molar-refractivity contribution in [1.29, 1.82) is 0 Å². The molecule has 1 rings (SSSR count). The monoisotopic (exact) mass is 274 g/mol. The van der Waals surface area contributed by atoms with Crippen LogP contribution in [0.1, 0.15) is 19.2 Å². The highest BCUT2D eigenvalue weighted by Crippen LogP contribution is 2.09. The molecule has 0 aliphatic carbocycles. The lowest BCUT2D eigenvalue weighted by Gasteiger charge is -2.10. The van der Waals surface area contributed by atoms with Gasteiger partial charge in [-0.3, -0.25) is 4.79 Å². The third-order valence-corrected chi connectivity index (χ3v) is 2.75. The molecule has 1 aromatic rings. The van der Waals surface area contributed by atoms with Crippen molar-refractivity contribution in [2.45, 2.75) is 31.1 Å². The number of aromatic nitrogens is 2. The Labute approximate surface area is 97.8 Å². The van der Waals surface area contributed by atoms with Crippen molar-refractivity contribution in [3.63, 3.8) is 0 Å². The number of nitrogens with zero attached hydrogens (tertiary/aromatic N) is 2. The van der Waals surface area contributed by atoms with Gasteiger partial charge >= 0.3 is 5.97 Å². The molecule has 0 N–H and O–H groups in total. The summed E-state index contributed by atoms with van der Waals surface area (Å²) in [6, 6.07) is 0. The summed E-state index contributed by atoms with van der Waals surface area (Å²) in [7, 11) is 1.39. The maximum absolute atomic E-state index is 11.2. The predicted octanol–water partition coefficient (Wildman–Crippen LogP) is 1.77. The summed E-state index contributed by atoms with van der Waals surface area (Å²) in [5.74, 6) is 0.747. The molecule has 0 radical (unpaired) electrons. The van der Waals surface area contributed by atoms with E-state index in [9.17, 15) is 4.79 Å². The van der Waals surface area contributed by atoms with Crippen molar-refractivity contribution in [3.8, 4) is 0 Å². The van der Waals surface area contributed by atoms with Gasteiger partial charge in [0, 0.05) is 25.4 Å². The average Bonchev–Trinajstić information content (AvgIpc) is 2.65. The molecule has 1 heterocycles. The molecule has 0 amide bonds. The van der Waals surface area contributed by atoms with Crippen LogP contribution in [0.4, 0.5) is 0 Å². The van der Waals surface area contributed by atoms with Gasteiger partial charge in [-0.25, -0.2) is 4.98 Å². The first kappa shape index (κ1) is 12.2. The Hall–Kier alpha value is -0.840. The highest BCUT2D eigenvalue weighted by atomic mass is 79.9. The van der Waals surface area contributed by atoms with Crippen LogP contribution >= 0.6 is 15.9 Å². The molecule has 1 unspecified atom stereocenters. The fraction of sp³-hybridized carbons (Fsp3) is 0.600. The number of halogens is 1. The lowest BCUT2D eigenvalue weighted by molar-refractivity contribution is -0.140. The molecular formula is C10H15BrN2O2. The molecule has 1 aromatic heterocycles. The van der Waals surface area contributed by atoms with E-state index in [-0.39, 0.29) is 10.8 Å². The van der Waals surface area contributed by atoms with Crippen LogP contribution in [0.15, 0.2) is 12.4 Å². The Morgan fingerprint density at radius 2 is 2.47 bits per heavy atom. The average molecular weight is 275 g/mol. The van der Waals surface area contributed by atoms with Crippen molar-refractivity contribution in [1.82, 2.24) is 9.55 Å². The molecule has 0 bridgehead atoms. The Bertz CT molecular complexity index is 325. The summed E-state index contributed by atoms with van der Waals surface area (Å²) < 4.78 is 6.61. The smallest absolute Gasteiger partial charge is 0.321 e. The van der Waals surface area contributed by atoms with Crippen LogP contribution in [-0.4, -0.2) is 27.5 Å². The first-order valence-electron chi connectivity index (χ1n) is 4.91. The van der Waals surface area contributed by atoms with Crippen molar-refractivity contribution in [3.05, 3.63) is 18.2 Å². The Morgan fingerprint density at radius 1 is 1.73 bits per heavy atom. The van der Waals surface area contributed by atoms with E-state index in [1.54, 1.807) is 6.20 Å². The molecule has 1 atom stereocenters. The molecular weight excluding hydrogens is 260 g/mol. The molecule has 15 heavy (non-hydrogen) atoms. The van der Waals surface area contributed by atoms with Crippen LogP contribution in [0.25, 0.3) is 0 Å². The lowest BCUT2D eigenvalue weighted by Crippen LogP contribution is -2.22. The normalized spacial score (nSPS) is 12.5. The van der Waals surface area contributed by atoms with Crippen LogP contribution < -0.4 is 0 Å². The summed E-state index contributed by atoms with van der Waals surface area (Å²) >= 11 is 3.29. The molecule has 5 heteroatoms. The summed E-state index contributed by atoms with van der Waals surface area (Å²) in [6.07, 6.45) is 5.60. The molecule has 0 saturated carbocycles. The maximum Gasteiger partial charge on any atom is 0.321 e. The lowest BCUT2D eigenvalue weighted by atomic mass is 10.3. The van der Waals surface area contributed by atoms with Gasteiger partial charge in [-0.05, 0) is 6.42 Å². The number of carbonyl (C=O) groups is 1. The van der Waals surface area contributed by atoms with Crippen LogP contribution in [-0.2, 0) is 22.5 Å². The van der Waals surface area contributed by atoms with Crippen LogP contribution in [0.3, 0.4) is 0 Å². The van der Waals surface area contributed by atoms with E-state index >= 15 is 0 Å². The largest absolute Gasteiger partial charge is 0.468 e. The summed E-state index contributed by atoms with van der Waals surface area (Å²) in [6.45, 7) is 2.66. The molecule has 0 fully saturated rings. The van der Waals surface area contributed by atoms with Gasteiger partial charge in [0.05, 0.1) is 7.11 Å². The van der Waals surface area contributed by atoms with Crippen molar-refractivity contribution >= 4 is 21.9 Å². The van der Waals surface area contributed by atoms with Gasteiger partial charge in [-0.1, -0.05) is 22.9 Å². The van der Waals surface area contributed by atoms with Gasteiger partial charge < -0.3 is 9.30 Å². The number of esters is 1. The molecule has 0 spiro atoms. The van der Waals surface area contributed by atoms with Gasteiger partial charge in [0.1, 0.15) is 10.7 Å². The number of ether oxygens (including phenoxy) is 1. The van der Waals surface area contributed by atoms with E-state index in [0.717, 1.165) is 18.7 Å². The maximum atomic E-state index is 11.2. The first-order chi connectivity index (χ1) is 7.19. The van der Waals surface area contributed by atoms with E-state index in [0.29, 0.717) is 6.54 Å². The van der Waals surface area contributed by atoms with E-state index in [4.69, 9.17) is 0 Å². The Kier molecular flexibility index (Phi) is 4.81. The van der Waals surface area contributed by atoms with E-state index < -0.39 is 0 Å². The zero-order valence-electron chi connectivity index (χ0n) is 8.94. The standard InChI is InChI=1S/C10H15BrN2O2/c1-3-4-9-12-5-6-13(9)7-8(11)10(14)15-2/h5-6,8H,3-4,7H2,1-2H3. The van der Waals surface area contributed by atoms with E-state index in [1.807, 2.05) is 10.8 Å². The number of methoxy groups -OCH3 is 1. The highest BCUT2D eigenvalue weighted by molar-refractivity contribution is 9.10. The predicted molar refractivity (Wildman–Crippen MR) is 61.0 cm³/mol. The molecule has 0 saturated heterocycles. The summed E-state index contributed by atoms with van der Waals surface area (Å²) in [4.78, 5) is 15.1. The molecule has 0 aliphatic rings.